The van der Waals surface area contributed by atoms with E-state index >= 15 is 0 Å². The highest BCUT2D eigenvalue weighted by Gasteiger charge is 2.54. The van der Waals surface area contributed by atoms with Crippen LogP contribution < -0.4 is 5.32 Å². The molecule has 55 heavy (non-hydrogen) atoms. The summed E-state index contributed by atoms with van der Waals surface area (Å²) in [7, 11) is 1.28. The number of methoxy groups -OCH3 is 1. The van der Waals surface area contributed by atoms with Gasteiger partial charge in [-0.15, -0.1) is 0 Å². The third kappa shape index (κ3) is 7.33. The SMILES string of the molecule is COC(=O)N[C@@H](C(=O)N1CCC[C@H]1c1ncc(-c2ccc(C#Cc3ccc4nc([C@@H]5CC6(CC6)CN5C(=O)[C@@H](C)C(C)C)[nH]c4c3)cc2)[nH]1)c1ccccc1. The summed E-state index contributed by atoms with van der Waals surface area (Å²) in [6, 6.07) is 22.1. The molecule has 3 N–H and O–H groups in total. The van der Waals surface area contributed by atoms with E-state index in [1.807, 2.05) is 79.7 Å². The Balaban J connectivity index is 0.950. The fourth-order valence-electron chi connectivity index (χ4n) is 8.00. The van der Waals surface area contributed by atoms with Crippen LogP contribution in [0.15, 0.2) is 79.0 Å². The number of aromatic nitrogens is 4. The summed E-state index contributed by atoms with van der Waals surface area (Å²) in [4.78, 5) is 60.0. The standard InChI is InChI=1S/C44H47N7O4/c1-27(2)28(3)41(52)51-26-44(20-21-44)24-37(51)40-46-33-19-16-30(23-34(33)47-40)13-12-29-14-17-31(18-15-29)35-25-45-39(48-35)36-11-8-22-50(36)42(53)38(49-43(54)55-4)32-9-6-5-7-10-32/h5-7,9-10,14-19,23,25,27-28,36-38H,8,11,20-22,24,26H2,1-4H3,(H,45,48)(H,46,47)(H,49,54)/t28-,36-,37-,38+/m0/s1. The molecule has 1 spiro atoms. The van der Waals surface area contributed by atoms with Crippen molar-refractivity contribution in [3.63, 3.8) is 0 Å². The van der Waals surface area contributed by atoms with Crippen LogP contribution in [0.3, 0.4) is 0 Å². The van der Waals surface area contributed by atoms with Crippen molar-refractivity contribution >= 4 is 28.9 Å². The largest absolute Gasteiger partial charge is 0.453 e. The Morgan fingerprint density at radius 2 is 1.64 bits per heavy atom. The zero-order valence-electron chi connectivity index (χ0n) is 31.8. The van der Waals surface area contributed by atoms with Crippen molar-refractivity contribution in [1.82, 2.24) is 35.1 Å². The number of imidazole rings is 2. The van der Waals surface area contributed by atoms with Gasteiger partial charge in [-0.25, -0.2) is 14.8 Å². The average Bonchev–Trinajstić information content (AvgIpc) is 3.69. The Kier molecular flexibility index (Phi) is 9.68. The number of ether oxygens (including phenoxy) is 1. The van der Waals surface area contributed by atoms with E-state index in [0.717, 1.165) is 65.0 Å². The molecule has 8 rings (SSSR count). The van der Waals surface area contributed by atoms with Crippen molar-refractivity contribution in [2.45, 2.75) is 71.0 Å². The number of benzene rings is 3. The van der Waals surface area contributed by atoms with Crippen LogP contribution in [0.1, 0.15) is 99.3 Å². The van der Waals surface area contributed by atoms with Crippen LogP contribution in [0.4, 0.5) is 4.79 Å². The lowest BCUT2D eigenvalue weighted by Crippen LogP contribution is -2.42. The molecule has 4 heterocycles. The van der Waals surface area contributed by atoms with Crippen molar-refractivity contribution in [2.24, 2.45) is 17.3 Å². The third-order valence-electron chi connectivity index (χ3n) is 11.8. The van der Waals surface area contributed by atoms with Crippen molar-refractivity contribution in [2.75, 3.05) is 20.2 Å². The summed E-state index contributed by atoms with van der Waals surface area (Å²) in [6.45, 7) is 7.66. The molecule has 3 aliphatic rings. The van der Waals surface area contributed by atoms with E-state index in [4.69, 9.17) is 9.72 Å². The number of nitrogens with one attached hydrogen (secondary N) is 3. The number of aromatic amines is 2. The van der Waals surface area contributed by atoms with E-state index in [9.17, 15) is 14.4 Å². The minimum absolute atomic E-state index is 0.0216. The zero-order chi connectivity index (χ0) is 38.3. The number of nitrogens with zero attached hydrogens (tertiary/aromatic N) is 4. The number of carbonyl (C=O) groups excluding carboxylic acids is 3. The molecule has 0 bridgehead atoms. The molecule has 3 fully saturated rings. The van der Waals surface area contributed by atoms with E-state index < -0.39 is 12.1 Å². The van der Waals surface area contributed by atoms with Gasteiger partial charge in [0.2, 0.25) is 5.91 Å². The normalized spacial score (nSPS) is 19.7. The highest BCUT2D eigenvalue weighted by atomic mass is 16.5. The maximum atomic E-state index is 13.9. The van der Waals surface area contributed by atoms with Gasteiger partial charge < -0.3 is 29.8 Å². The Labute approximate surface area is 321 Å². The Hall–Kier alpha value is -5.89. The molecule has 1 aliphatic carbocycles. The van der Waals surface area contributed by atoms with Crippen LogP contribution >= 0.6 is 0 Å². The molecule has 11 heteroatoms. The van der Waals surface area contributed by atoms with E-state index in [1.54, 1.807) is 11.1 Å². The molecule has 4 atom stereocenters. The minimum Gasteiger partial charge on any atom is -0.453 e. The van der Waals surface area contributed by atoms with Crippen LogP contribution in [-0.2, 0) is 14.3 Å². The van der Waals surface area contributed by atoms with Gasteiger partial charge in [-0.3, -0.25) is 9.59 Å². The maximum Gasteiger partial charge on any atom is 0.407 e. The van der Waals surface area contributed by atoms with Gasteiger partial charge >= 0.3 is 6.09 Å². The van der Waals surface area contributed by atoms with E-state index in [0.29, 0.717) is 23.9 Å². The van der Waals surface area contributed by atoms with Gasteiger partial charge in [0.1, 0.15) is 17.7 Å². The van der Waals surface area contributed by atoms with Crippen molar-refractivity contribution in [3.05, 3.63) is 107 Å². The molecule has 3 amide bonds. The van der Waals surface area contributed by atoms with Crippen LogP contribution in [-0.4, -0.2) is 67.8 Å². The molecule has 2 aliphatic heterocycles. The predicted molar refractivity (Wildman–Crippen MR) is 209 cm³/mol. The number of H-pyrrole nitrogens is 2. The lowest BCUT2D eigenvalue weighted by Gasteiger charge is -2.28. The maximum absolute atomic E-state index is 13.9. The highest BCUT2D eigenvalue weighted by molar-refractivity contribution is 5.87. The van der Waals surface area contributed by atoms with Gasteiger partial charge in [0.25, 0.3) is 5.91 Å². The third-order valence-corrected chi connectivity index (χ3v) is 11.8. The molecule has 282 valence electrons. The van der Waals surface area contributed by atoms with Crippen LogP contribution in [0, 0.1) is 29.1 Å². The lowest BCUT2D eigenvalue weighted by molar-refractivity contribution is -0.137. The van der Waals surface area contributed by atoms with Crippen molar-refractivity contribution < 1.29 is 19.1 Å². The van der Waals surface area contributed by atoms with Gasteiger partial charge in [0, 0.05) is 30.1 Å². The molecule has 0 unspecified atom stereocenters. The monoisotopic (exact) mass is 737 g/mol. The van der Waals surface area contributed by atoms with Gasteiger partial charge in [0.15, 0.2) is 0 Å². The molecule has 5 aromatic rings. The lowest BCUT2D eigenvalue weighted by atomic mass is 9.96. The van der Waals surface area contributed by atoms with E-state index in [2.05, 4.69) is 50.9 Å². The summed E-state index contributed by atoms with van der Waals surface area (Å²) < 4.78 is 4.82. The first-order valence-corrected chi connectivity index (χ1v) is 19.3. The number of amides is 3. The molecule has 3 aromatic carbocycles. The number of hydrogen-bond donors (Lipinski definition) is 3. The second kappa shape index (κ2) is 14.7. The Morgan fingerprint density at radius 3 is 2.36 bits per heavy atom. The summed E-state index contributed by atoms with van der Waals surface area (Å²) in [5, 5.41) is 2.71. The smallest absolute Gasteiger partial charge is 0.407 e. The van der Waals surface area contributed by atoms with Gasteiger partial charge in [-0.1, -0.05) is 75.1 Å². The topological polar surface area (TPSA) is 136 Å². The van der Waals surface area contributed by atoms with Crippen LogP contribution in [0.5, 0.6) is 0 Å². The first kappa shape index (κ1) is 36.1. The summed E-state index contributed by atoms with van der Waals surface area (Å²) in [6.07, 6.45) is 6.05. The Bertz CT molecular complexity index is 2280. The second-order valence-electron chi connectivity index (χ2n) is 15.8. The molecule has 1 saturated carbocycles. The zero-order valence-corrected chi connectivity index (χ0v) is 31.8. The van der Waals surface area contributed by atoms with Crippen LogP contribution in [0.25, 0.3) is 22.3 Å². The number of hydrogen-bond acceptors (Lipinski definition) is 6. The highest BCUT2D eigenvalue weighted by Crippen LogP contribution is 2.58. The quantitative estimate of drug-likeness (QED) is 0.142. The van der Waals surface area contributed by atoms with E-state index in [-0.39, 0.29) is 35.2 Å². The molecule has 2 aromatic heterocycles. The number of likely N-dealkylation sites (tertiary alicyclic amines) is 2. The first-order valence-electron chi connectivity index (χ1n) is 19.3. The fourth-order valence-corrected chi connectivity index (χ4v) is 8.00. The molecular weight excluding hydrogens is 691 g/mol. The number of carbonyl (C=O) groups is 3. The fraction of sp³-hybridized carbons (Fsp3) is 0.386. The number of alkyl carbamates (subject to hydrolysis) is 1. The van der Waals surface area contributed by atoms with Gasteiger partial charge in [0.05, 0.1) is 42.1 Å². The molecule has 0 radical (unpaired) electrons. The second-order valence-corrected chi connectivity index (χ2v) is 15.8. The Morgan fingerprint density at radius 1 is 0.891 bits per heavy atom. The minimum atomic E-state index is -0.871. The van der Waals surface area contributed by atoms with Crippen molar-refractivity contribution in [3.8, 4) is 23.1 Å². The number of rotatable bonds is 8. The number of fused-ring (bicyclic) bond motifs is 1. The molecular formula is C44H47N7O4. The predicted octanol–water partition coefficient (Wildman–Crippen LogP) is 7.46. The first-order chi connectivity index (χ1) is 26.6. The van der Waals surface area contributed by atoms with E-state index in [1.165, 1.54) is 20.0 Å². The molecule has 2 saturated heterocycles. The van der Waals surface area contributed by atoms with Crippen LogP contribution in [0.2, 0.25) is 0 Å². The summed E-state index contributed by atoms with van der Waals surface area (Å²) >= 11 is 0. The van der Waals surface area contributed by atoms with Gasteiger partial charge in [-0.2, -0.15) is 0 Å². The van der Waals surface area contributed by atoms with Gasteiger partial charge in [-0.05, 0) is 84.9 Å². The molecule has 11 nitrogen and oxygen atoms in total. The summed E-state index contributed by atoms with van der Waals surface area (Å²) in [5.74, 6) is 8.46. The summed E-state index contributed by atoms with van der Waals surface area (Å²) in [5.41, 5.74) is 6.30. The average molecular weight is 738 g/mol. The van der Waals surface area contributed by atoms with Crippen molar-refractivity contribution in [1.29, 1.82) is 0 Å².